The van der Waals surface area contributed by atoms with Crippen molar-refractivity contribution in [1.29, 1.82) is 0 Å². The van der Waals surface area contributed by atoms with Crippen LogP contribution in [0.15, 0.2) is 35.0 Å². The fourth-order valence-corrected chi connectivity index (χ4v) is 4.72. The van der Waals surface area contributed by atoms with Gasteiger partial charge in [0.05, 0.1) is 10.9 Å². The molecule has 6 heteroatoms. The Balaban J connectivity index is 1.49. The standard InChI is InChI=1S/C18H22N2O2S2/c21-16(9-10-19-18(22)15-8-4-12-24-15)20-17(13-5-1-2-6-13)14-7-3-11-23-14/h3-4,7-8,11-13,17H,1-2,5-6,9-10H2,(H,19,22)(H,20,21)/t17-/m1/s1. The predicted molar refractivity (Wildman–Crippen MR) is 98.4 cm³/mol. The molecule has 0 unspecified atom stereocenters. The summed E-state index contributed by atoms with van der Waals surface area (Å²) in [5.41, 5.74) is 0. The highest BCUT2D eigenvalue weighted by atomic mass is 32.1. The number of carbonyl (C=O) groups is 2. The number of rotatable bonds is 7. The molecule has 0 saturated heterocycles. The molecule has 2 heterocycles. The lowest BCUT2D eigenvalue weighted by molar-refractivity contribution is -0.122. The number of nitrogens with one attached hydrogen (secondary N) is 2. The fraction of sp³-hybridized carbons (Fsp3) is 0.444. The summed E-state index contributed by atoms with van der Waals surface area (Å²) in [5.74, 6) is 0.434. The van der Waals surface area contributed by atoms with Crippen LogP contribution in [0.5, 0.6) is 0 Å². The summed E-state index contributed by atoms with van der Waals surface area (Å²) >= 11 is 3.11. The molecule has 1 aliphatic carbocycles. The summed E-state index contributed by atoms with van der Waals surface area (Å²) in [5, 5.41) is 9.93. The van der Waals surface area contributed by atoms with Crippen LogP contribution in [0, 0.1) is 5.92 Å². The third-order valence-electron chi connectivity index (χ3n) is 4.42. The Bertz CT molecular complexity index is 647. The Morgan fingerprint density at radius 2 is 1.88 bits per heavy atom. The van der Waals surface area contributed by atoms with Crippen LogP contribution in [0.3, 0.4) is 0 Å². The van der Waals surface area contributed by atoms with Crippen LogP contribution in [0.4, 0.5) is 0 Å². The topological polar surface area (TPSA) is 58.2 Å². The Labute approximate surface area is 150 Å². The third-order valence-corrected chi connectivity index (χ3v) is 6.24. The van der Waals surface area contributed by atoms with Crippen LogP contribution < -0.4 is 10.6 Å². The van der Waals surface area contributed by atoms with E-state index in [1.807, 2.05) is 17.5 Å². The van der Waals surface area contributed by atoms with Crippen LogP contribution in [-0.4, -0.2) is 18.4 Å². The minimum Gasteiger partial charge on any atom is -0.351 e. The molecule has 128 valence electrons. The highest BCUT2D eigenvalue weighted by Crippen LogP contribution is 2.37. The molecule has 1 saturated carbocycles. The van der Waals surface area contributed by atoms with Gasteiger partial charge in [0, 0.05) is 17.8 Å². The van der Waals surface area contributed by atoms with Crippen molar-refractivity contribution in [3.63, 3.8) is 0 Å². The highest BCUT2D eigenvalue weighted by Gasteiger charge is 2.28. The van der Waals surface area contributed by atoms with Crippen molar-refractivity contribution in [2.24, 2.45) is 5.92 Å². The van der Waals surface area contributed by atoms with Crippen LogP contribution in [-0.2, 0) is 4.79 Å². The SMILES string of the molecule is O=C(CCNC(=O)c1cccs1)N[C@@H](c1cccs1)C1CCCC1. The zero-order valence-corrected chi connectivity index (χ0v) is 15.1. The molecule has 0 bridgehead atoms. The van der Waals surface area contributed by atoms with Crippen LogP contribution in [0.2, 0.25) is 0 Å². The first-order valence-electron chi connectivity index (χ1n) is 8.38. The van der Waals surface area contributed by atoms with Gasteiger partial charge in [-0.2, -0.15) is 0 Å². The third kappa shape index (κ3) is 4.45. The van der Waals surface area contributed by atoms with E-state index in [2.05, 4.69) is 22.1 Å². The van der Waals surface area contributed by atoms with Gasteiger partial charge in [-0.1, -0.05) is 25.0 Å². The molecule has 24 heavy (non-hydrogen) atoms. The Morgan fingerprint density at radius 3 is 2.54 bits per heavy atom. The zero-order valence-electron chi connectivity index (χ0n) is 13.5. The Kier molecular flexibility index (Phi) is 6.04. The predicted octanol–water partition coefficient (Wildman–Crippen LogP) is 3.98. The molecular weight excluding hydrogens is 340 g/mol. The number of amides is 2. The average Bonchev–Trinajstić information content (AvgIpc) is 3.36. The molecule has 2 aromatic rings. The van der Waals surface area contributed by atoms with Gasteiger partial charge in [0.2, 0.25) is 5.91 Å². The van der Waals surface area contributed by atoms with E-state index in [-0.39, 0.29) is 17.9 Å². The van der Waals surface area contributed by atoms with Crippen molar-refractivity contribution in [3.05, 3.63) is 44.8 Å². The summed E-state index contributed by atoms with van der Waals surface area (Å²) in [7, 11) is 0. The summed E-state index contributed by atoms with van der Waals surface area (Å²) in [6.45, 7) is 0.365. The summed E-state index contributed by atoms with van der Waals surface area (Å²) in [6.07, 6.45) is 5.17. The number of hydrogen-bond donors (Lipinski definition) is 2. The largest absolute Gasteiger partial charge is 0.351 e. The number of hydrogen-bond acceptors (Lipinski definition) is 4. The second kappa shape index (κ2) is 8.44. The van der Waals surface area contributed by atoms with Crippen molar-refractivity contribution in [3.8, 4) is 0 Å². The van der Waals surface area contributed by atoms with E-state index in [1.54, 1.807) is 17.4 Å². The quantitative estimate of drug-likeness (QED) is 0.783. The Hall–Kier alpha value is -1.66. The van der Waals surface area contributed by atoms with Crippen LogP contribution in [0.1, 0.15) is 52.7 Å². The molecule has 4 nitrogen and oxygen atoms in total. The van der Waals surface area contributed by atoms with E-state index in [4.69, 9.17) is 0 Å². The van der Waals surface area contributed by atoms with Crippen molar-refractivity contribution in [2.45, 2.75) is 38.1 Å². The average molecular weight is 363 g/mol. The summed E-state index contributed by atoms with van der Waals surface area (Å²) < 4.78 is 0. The monoisotopic (exact) mass is 362 g/mol. The summed E-state index contributed by atoms with van der Waals surface area (Å²) in [6, 6.07) is 7.89. The normalized spacial score (nSPS) is 16.0. The molecule has 1 aliphatic rings. The van der Waals surface area contributed by atoms with Gasteiger partial charge in [-0.05, 0) is 41.7 Å². The van der Waals surface area contributed by atoms with Gasteiger partial charge in [0.15, 0.2) is 0 Å². The van der Waals surface area contributed by atoms with Crippen molar-refractivity contribution >= 4 is 34.5 Å². The van der Waals surface area contributed by atoms with E-state index in [0.29, 0.717) is 23.8 Å². The molecule has 0 aliphatic heterocycles. The first-order valence-corrected chi connectivity index (χ1v) is 10.1. The van der Waals surface area contributed by atoms with E-state index in [1.165, 1.54) is 41.9 Å². The van der Waals surface area contributed by atoms with E-state index < -0.39 is 0 Å². The molecule has 0 radical (unpaired) electrons. The first-order chi connectivity index (χ1) is 11.7. The lowest BCUT2D eigenvalue weighted by Gasteiger charge is -2.23. The minimum absolute atomic E-state index is 0.00628. The molecule has 3 rings (SSSR count). The number of carbonyl (C=O) groups excluding carboxylic acids is 2. The van der Waals surface area contributed by atoms with Gasteiger partial charge < -0.3 is 10.6 Å². The maximum absolute atomic E-state index is 12.3. The summed E-state index contributed by atoms with van der Waals surface area (Å²) in [4.78, 5) is 26.1. The van der Waals surface area contributed by atoms with Gasteiger partial charge in [-0.3, -0.25) is 9.59 Å². The second-order valence-corrected chi connectivity index (χ2v) is 8.02. The van der Waals surface area contributed by atoms with E-state index in [9.17, 15) is 9.59 Å². The molecule has 2 amide bonds. The lowest BCUT2D eigenvalue weighted by Crippen LogP contribution is -2.35. The smallest absolute Gasteiger partial charge is 0.261 e. The van der Waals surface area contributed by atoms with E-state index >= 15 is 0 Å². The molecule has 1 atom stereocenters. The highest BCUT2D eigenvalue weighted by molar-refractivity contribution is 7.12. The zero-order chi connectivity index (χ0) is 16.8. The van der Waals surface area contributed by atoms with Crippen LogP contribution in [0.25, 0.3) is 0 Å². The molecule has 0 spiro atoms. The van der Waals surface area contributed by atoms with Gasteiger partial charge >= 0.3 is 0 Å². The number of thiophene rings is 2. The molecule has 2 N–H and O–H groups in total. The molecule has 1 fully saturated rings. The minimum atomic E-state index is -0.108. The van der Waals surface area contributed by atoms with Crippen molar-refractivity contribution < 1.29 is 9.59 Å². The van der Waals surface area contributed by atoms with Gasteiger partial charge in [0.1, 0.15) is 0 Å². The molecule has 0 aromatic carbocycles. The van der Waals surface area contributed by atoms with Crippen molar-refractivity contribution in [1.82, 2.24) is 10.6 Å². The van der Waals surface area contributed by atoms with Gasteiger partial charge in [0.25, 0.3) is 5.91 Å². The maximum Gasteiger partial charge on any atom is 0.261 e. The van der Waals surface area contributed by atoms with Gasteiger partial charge in [-0.25, -0.2) is 0 Å². The fourth-order valence-electron chi connectivity index (χ4n) is 3.21. The first kappa shape index (κ1) is 17.2. The maximum atomic E-state index is 12.3. The Morgan fingerprint density at radius 1 is 1.12 bits per heavy atom. The van der Waals surface area contributed by atoms with E-state index in [0.717, 1.165) is 0 Å². The lowest BCUT2D eigenvalue weighted by atomic mass is 9.96. The van der Waals surface area contributed by atoms with Crippen molar-refractivity contribution in [2.75, 3.05) is 6.54 Å². The van der Waals surface area contributed by atoms with Gasteiger partial charge in [-0.15, -0.1) is 22.7 Å². The molecule has 2 aromatic heterocycles. The van der Waals surface area contributed by atoms with Crippen LogP contribution >= 0.6 is 22.7 Å². The second-order valence-electron chi connectivity index (χ2n) is 6.09. The molecular formula is C18H22N2O2S2.